The van der Waals surface area contributed by atoms with Crippen molar-refractivity contribution in [2.45, 2.75) is 30.1 Å². The van der Waals surface area contributed by atoms with E-state index in [0.717, 1.165) is 43.3 Å². The minimum absolute atomic E-state index is 0.772. The molecule has 2 aromatic rings. The van der Waals surface area contributed by atoms with Crippen molar-refractivity contribution in [1.29, 1.82) is 0 Å². The van der Waals surface area contributed by atoms with Crippen molar-refractivity contribution in [3.8, 4) is 0 Å². The van der Waals surface area contributed by atoms with Gasteiger partial charge in [-0.1, -0.05) is 55.4 Å². The summed E-state index contributed by atoms with van der Waals surface area (Å²) in [6, 6.07) is 16.5. The van der Waals surface area contributed by atoms with E-state index in [4.69, 9.17) is 11.6 Å². The van der Waals surface area contributed by atoms with Crippen molar-refractivity contribution >= 4 is 29.1 Å². The summed E-state index contributed by atoms with van der Waals surface area (Å²) in [6.07, 6.45) is 1.13. The maximum atomic E-state index is 6.17. The molecule has 0 aliphatic rings. The molecule has 124 valence electrons. The molecule has 0 amide bonds. The highest BCUT2D eigenvalue weighted by Gasteiger charge is 2.06. The van der Waals surface area contributed by atoms with E-state index in [1.54, 1.807) is 11.8 Å². The first kappa shape index (κ1) is 18.2. The van der Waals surface area contributed by atoms with Crippen LogP contribution in [0.15, 0.2) is 58.3 Å². The first-order valence-corrected chi connectivity index (χ1v) is 9.41. The molecular weight excluding hydrogens is 324 g/mol. The first-order valence-electron chi connectivity index (χ1n) is 8.21. The lowest BCUT2D eigenvalue weighted by atomic mass is 10.3. The molecule has 0 atom stereocenters. The average Bonchev–Trinajstić information content (AvgIpc) is 2.58. The Morgan fingerprint density at radius 1 is 1.04 bits per heavy atom. The molecule has 0 radical (unpaired) electrons. The second-order valence-corrected chi connectivity index (χ2v) is 6.91. The molecule has 0 unspecified atom stereocenters. The summed E-state index contributed by atoms with van der Waals surface area (Å²) in [4.78, 5) is 4.89. The smallest absolute Gasteiger partial charge is 0.0496 e. The largest absolute Gasteiger partial charge is 0.384 e. The van der Waals surface area contributed by atoms with Gasteiger partial charge in [-0.05, 0) is 56.4 Å². The zero-order valence-corrected chi connectivity index (χ0v) is 15.5. The fraction of sp³-hybridized carbons (Fsp3) is 0.368. The standard InChI is InChI=1S/C19H25ClN2S/c1-3-22(4-2)14-8-13-21-18-15-16(20)11-12-19(18)23-17-9-6-5-7-10-17/h5-7,9-12,15,21H,3-4,8,13-14H2,1-2H3. The highest BCUT2D eigenvalue weighted by atomic mass is 35.5. The van der Waals surface area contributed by atoms with Gasteiger partial charge in [-0.2, -0.15) is 0 Å². The SMILES string of the molecule is CCN(CC)CCCNc1cc(Cl)ccc1Sc1ccccc1. The Morgan fingerprint density at radius 3 is 2.48 bits per heavy atom. The summed E-state index contributed by atoms with van der Waals surface area (Å²) >= 11 is 7.94. The van der Waals surface area contributed by atoms with Gasteiger partial charge in [-0.15, -0.1) is 0 Å². The van der Waals surface area contributed by atoms with Crippen molar-refractivity contribution in [3.05, 3.63) is 53.6 Å². The average molecular weight is 349 g/mol. The van der Waals surface area contributed by atoms with Gasteiger partial charge >= 0.3 is 0 Å². The van der Waals surface area contributed by atoms with E-state index in [9.17, 15) is 0 Å². The molecule has 0 saturated heterocycles. The van der Waals surface area contributed by atoms with Crippen LogP contribution in [0.5, 0.6) is 0 Å². The normalized spacial score (nSPS) is 11.0. The monoisotopic (exact) mass is 348 g/mol. The summed E-state index contributed by atoms with van der Waals surface area (Å²) in [5, 5.41) is 4.32. The zero-order chi connectivity index (χ0) is 16.5. The summed E-state index contributed by atoms with van der Waals surface area (Å²) in [5.74, 6) is 0. The fourth-order valence-corrected chi connectivity index (χ4v) is 3.51. The van der Waals surface area contributed by atoms with Crippen LogP contribution in [0.4, 0.5) is 5.69 Å². The van der Waals surface area contributed by atoms with Gasteiger partial charge in [0.15, 0.2) is 0 Å². The van der Waals surface area contributed by atoms with Gasteiger partial charge in [0.2, 0.25) is 0 Å². The van der Waals surface area contributed by atoms with Crippen LogP contribution < -0.4 is 5.32 Å². The summed E-state index contributed by atoms with van der Waals surface area (Å²) in [6.45, 7) is 8.73. The van der Waals surface area contributed by atoms with Gasteiger partial charge in [0.05, 0.1) is 0 Å². The summed E-state index contributed by atoms with van der Waals surface area (Å²) < 4.78 is 0. The Balaban J connectivity index is 1.96. The third kappa shape index (κ3) is 6.09. The molecule has 0 heterocycles. The van der Waals surface area contributed by atoms with Gasteiger partial charge in [0.25, 0.3) is 0 Å². The second-order valence-electron chi connectivity index (χ2n) is 5.36. The molecule has 0 fully saturated rings. The van der Waals surface area contributed by atoms with Crippen LogP contribution in [-0.4, -0.2) is 31.1 Å². The molecule has 1 N–H and O–H groups in total. The number of nitrogens with one attached hydrogen (secondary N) is 1. The van der Waals surface area contributed by atoms with E-state index in [1.165, 1.54) is 9.79 Å². The maximum Gasteiger partial charge on any atom is 0.0496 e. The van der Waals surface area contributed by atoms with Gasteiger partial charge < -0.3 is 10.2 Å². The van der Waals surface area contributed by atoms with E-state index in [-0.39, 0.29) is 0 Å². The van der Waals surface area contributed by atoms with Crippen molar-refractivity contribution in [2.24, 2.45) is 0 Å². The van der Waals surface area contributed by atoms with Gasteiger partial charge in [0.1, 0.15) is 0 Å². The minimum atomic E-state index is 0.772. The minimum Gasteiger partial charge on any atom is -0.384 e. The predicted octanol–water partition coefficient (Wildman–Crippen LogP) is 5.64. The predicted molar refractivity (Wildman–Crippen MR) is 103 cm³/mol. The van der Waals surface area contributed by atoms with Crippen LogP contribution in [-0.2, 0) is 0 Å². The summed E-state index contributed by atoms with van der Waals surface area (Å²) in [5.41, 5.74) is 1.12. The van der Waals surface area contributed by atoms with Crippen LogP contribution in [0.3, 0.4) is 0 Å². The van der Waals surface area contributed by atoms with Gasteiger partial charge in [-0.3, -0.25) is 0 Å². The number of halogens is 1. The van der Waals surface area contributed by atoms with Gasteiger partial charge in [0, 0.05) is 27.0 Å². The van der Waals surface area contributed by atoms with Crippen molar-refractivity contribution in [1.82, 2.24) is 4.90 Å². The molecule has 2 aromatic carbocycles. The van der Waals surface area contributed by atoms with E-state index in [1.807, 2.05) is 18.2 Å². The van der Waals surface area contributed by atoms with Crippen molar-refractivity contribution in [2.75, 3.05) is 31.5 Å². The second kappa shape index (κ2) is 9.86. The Kier molecular flexibility index (Phi) is 7.80. The molecule has 0 bridgehead atoms. The topological polar surface area (TPSA) is 15.3 Å². The van der Waals surface area contributed by atoms with Crippen LogP contribution in [0.25, 0.3) is 0 Å². The van der Waals surface area contributed by atoms with E-state index in [0.29, 0.717) is 0 Å². The van der Waals surface area contributed by atoms with Crippen LogP contribution in [0.2, 0.25) is 5.02 Å². The lowest BCUT2D eigenvalue weighted by molar-refractivity contribution is 0.303. The van der Waals surface area contributed by atoms with Crippen molar-refractivity contribution in [3.63, 3.8) is 0 Å². The Morgan fingerprint density at radius 2 is 1.78 bits per heavy atom. The molecule has 0 aromatic heterocycles. The first-order chi connectivity index (χ1) is 11.2. The molecule has 0 aliphatic heterocycles. The third-order valence-corrected chi connectivity index (χ3v) is 5.09. The lowest BCUT2D eigenvalue weighted by Gasteiger charge is -2.18. The highest BCUT2D eigenvalue weighted by molar-refractivity contribution is 7.99. The lowest BCUT2D eigenvalue weighted by Crippen LogP contribution is -2.25. The summed E-state index contributed by atoms with van der Waals surface area (Å²) in [7, 11) is 0. The Labute approximate surface area is 149 Å². The molecular formula is C19H25ClN2S. The Bertz CT molecular complexity index is 585. The molecule has 23 heavy (non-hydrogen) atoms. The zero-order valence-electron chi connectivity index (χ0n) is 13.9. The Hall–Kier alpha value is -1.16. The van der Waals surface area contributed by atoms with Crippen LogP contribution in [0, 0.1) is 0 Å². The highest BCUT2D eigenvalue weighted by Crippen LogP contribution is 2.34. The number of nitrogens with zero attached hydrogens (tertiary/aromatic N) is 1. The van der Waals surface area contributed by atoms with Gasteiger partial charge in [-0.25, -0.2) is 0 Å². The number of benzene rings is 2. The molecule has 4 heteroatoms. The molecule has 0 aliphatic carbocycles. The molecule has 0 spiro atoms. The number of hydrogen-bond acceptors (Lipinski definition) is 3. The van der Waals surface area contributed by atoms with Crippen molar-refractivity contribution < 1.29 is 0 Å². The van der Waals surface area contributed by atoms with Crippen LogP contribution in [0.1, 0.15) is 20.3 Å². The third-order valence-electron chi connectivity index (χ3n) is 3.77. The number of hydrogen-bond donors (Lipinski definition) is 1. The van der Waals surface area contributed by atoms with E-state index >= 15 is 0 Å². The quantitative estimate of drug-likeness (QED) is 0.591. The number of rotatable bonds is 9. The molecule has 0 saturated carbocycles. The number of anilines is 1. The maximum absolute atomic E-state index is 6.17. The van der Waals surface area contributed by atoms with E-state index < -0.39 is 0 Å². The van der Waals surface area contributed by atoms with E-state index in [2.05, 4.69) is 54.4 Å². The fourth-order valence-electron chi connectivity index (χ4n) is 2.41. The molecule has 2 rings (SSSR count). The molecule has 2 nitrogen and oxygen atoms in total. The van der Waals surface area contributed by atoms with Crippen LogP contribution >= 0.6 is 23.4 Å².